The lowest BCUT2D eigenvalue weighted by Gasteiger charge is -2.34. The third-order valence-electron chi connectivity index (χ3n) is 6.21. The Morgan fingerprint density at radius 3 is 2.15 bits per heavy atom. The number of allylic oxidation sites excluding steroid dienone is 1. The maximum Gasteiger partial charge on any atom is 0.337 e. The Kier molecular flexibility index (Phi) is 7.60. The smallest absolute Gasteiger partial charge is 0.337 e. The molecule has 0 N–H and O–H groups in total. The highest BCUT2D eigenvalue weighted by Crippen LogP contribution is 2.38. The molecule has 2 aromatic rings. The van der Waals surface area contributed by atoms with Gasteiger partial charge in [-0.15, -0.1) is 0 Å². The molecule has 0 fully saturated rings. The number of rotatable bonds is 6. The normalized spacial score (nSPS) is 16.5. The maximum absolute atomic E-state index is 13.2. The molecule has 34 heavy (non-hydrogen) atoms. The van der Waals surface area contributed by atoms with Crippen molar-refractivity contribution < 1.29 is 23.9 Å². The first-order valence-corrected chi connectivity index (χ1v) is 11.5. The van der Waals surface area contributed by atoms with Crippen LogP contribution < -0.4 is 0 Å². The van der Waals surface area contributed by atoms with Crippen LogP contribution in [0.2, 0.25) is 0 Å². The second kappa shape index (κ2) is 10.2. The van der Waals surface area contributed by atoms with Crippen molar-refractivity contribution in [3.8, 4) is 0 Å². The van der Waals surface area contributed by atoms with E-state index in [-0.39, 0.29) is 30.3 Å². The molecule has 0 spiro atoms. The zero-order valence-electron chi connectivity index (χ0n) is 20.8. The summed E-state index contributed by atoms with van der Waals surface area (Å²) in [5.74, 6) is -1.24. The predicted molar refractivity (Wildman–Crippen MR) is 130 cm³/mol. The van der Waals surface area contributed by atoms with Crippen LogP contribution in [0.15, 0.2) is 59.8 Å². The molecule has 1 heterocycles. The fourth-order valence-corrected chi connectivity index (χ4v) is 4.22. The van der Waals surface area contributed by atoms with E-state index in [1.54, 1.807) is 43.0 Å². The number of carbonyl (C=O) groups excluding carboxylic acids is 3. The van der Waals surface area contributed by atoms with E-state index in [0.717, 1.165) is 11.1 Å². The lowest BCUT2D eigenvalue weighted by atomic mass is 9.81. The van der Waals surface area contributed by atoms with Crippen molar-refractivity contribution in [2.75, 3.05) is 13.7 Å². The van der Waals surface area contributed by atoms with Gasteiger partial charge in [0.1, 0.15) is 0 Å². The monoisotopic (exact) mass is 463 g/mol. The van der Waals surface area contributed by atoms with E-state index in [2.05, 4.69) is 32.9 Å². The van der Waals surface area contributed by atoms with Gasteiger partial charge < -0.3 is 14.4 Å². The Morgan fingerprint density at radius 1 is 1.00 bits per heavy atom. The second-order valence-corrected chi connectivity index (χ2v) is 9.52. The van der Waals surface area contributed by atoms with Gasteiger partial charge in [0, 0.05) is 18.0 Å². The van der Waals surface area contributed by atoms with Gasteiger partial charge >= 0.3 is 11.9 Å². The minimum atomic E-state index is -0.415. The van der Waals surface area contributed by atoms with Crippen molar-refractivity contribution in [2.24, 2.45) is 0 Å². The van der Waals surface area contributed by atoms with Gasteiger partial charge in [0.2, 0.25) is 5.91 Å². The zero-order chi connectivity index (χ0) is 25.0. The lowest BCUT2D eigenvalue weighted by Crippen LogP contribution is -2.38. The Morgan fingerprint density at radius 2 is 1.62 bits per heavy atom. The Labute approximate surface area is 201 Å². The molecule has 1 atom stereocenters. The summed E-state index contributed by atoms with van der Waals surface area (Å²) in [5.41, 5.74) is 4.51. The van der Waals surface area contributed by atoms with Gasteiger partial charge in [-0.1, -0.05) is 57.2 Å². The molecule has 1 unspecified atom stereocenters. The molecule has 0 aliphatic carbocycles. The van der Waals surface area contributed by atoms with Crippen molar-refractivity contribution in [1.82, 2.24) is 4.90 Å². The van der Waals surface area contributed by atoms with E-state index in [1.807, 2.05) is 12.1 Å². The molecule has 1 amide bonds. The summed E-state index contributed by atoms with van der Waals surface area (Å²) in [4.78, 5) is 39.6. The van der Waals surface area contributed by atoms with Crippen LogP contribution in [0.1, 0.15) is 74.0 Å². The zero-order valence-corrected chi connectivity index (χ0v) is 20.8. The summed E-state index contributed by atoms with van der Waals surface area (Å²) in [6.07, 6.45) is 0.181. The Hall–Kier alpha value is -3.41. The van der Waals surface area contributed by atoms with E-state index in [9.17, 15) is 14.4 Å². The van der Waals surface area contributed by atoms with Crippen LogP contribution >= 0.6 is 0 Å². The molecule has 6 nitrogen and oxygen atoms in total. The summed E-state index contributed by atoms with van der Waals surface area (Å²) in [6, 6.07) is 15.0. The third-order valence-corrected chi connectivity index (χ3v) is 6.21. The summed E-state index contributed by atoms with van der Waals surface area (Å²) < 4.78 is 10.1. The van der Waals surface area contributed by atoms with Crippen molar-refractivity contribution >= 4 is 17.8 Å². The SMILES string of the molecule is CCOC(=O)C1=C(C)N(Cc2ccc(C(=O)OC)cc2)C(=O)CC1c1ccc(C(C)(C)C)cc1. The van der Waals surface area contributed by atoms with Crippen LogP contribution in [-0.4, -0.2) is 36.5 Å². The number of nitrogens with zero attached hydrogens (tertiary/aromatic N) is 1. The van der Waals surface area contributed by atoms with Crippen LogP contribution in [0.25, 0.3) is 0 Å². The van der Waals surface area contributed by atoms with Gasteiger partial charge in [-0.25, -0.2) is 9.59 Å². The van der Waals surface area contributed by atoms with Crippen LogP contribution in [-0.2, 0) is 31.0 Å². The van der Waals surface area contributed by atoms with E-state index >= 15 is 0 Å². The summed E-state index contributed by atoms with van der Waals surface area (Å²) in [5, 5.41) is 0. The van der Waals surface area contributed by atoms with Crippen molar-refractivity contribution in [3.63, 3.8) is 0 Å². The molecule has 1 aliphatic heterocycles. The van der Waals surface area contributed by atoms with E-state index in [4.69, 9.17) is 9.47 Å². The highest BCUT2D eigenvalue weighted by Gasteiger charge is 2.37. The first-order chi connectivity index (χ1) is 16.1. The minimum absolute atomic E-state index is 0.0108. The van der Waals surface area contributed by atoms with Crippen LogP contribution in [0.3, 0.4) is 0 Å². The Bertz CT molecular complexity index is 1090. The first-order valence-electron chi connectivity index (χ1n) is 11.5. The first kappa shape index (κ1) is 25.2. The summed E-state index contributed by atoms with van der Waals surface area (Å²) >= 11 is 0. The summed E-state index contributed by atoms with van der Waals surface area (Å²) in [7, 11) is 1.33. The molecule has 180 valence electrons. The molecule has 1 aliphatic rings. The summed E-state index contributed by atoms with van der Waals surface area (Å²) in [6.45, 7) is 10.6. The lowest BCUT2D eigenvalue weighted by molar-refractivity contribution is -0.140. The molecule has 0 aromatic heterocycles. The highest BCUT2D eigenvalue weighted by atomic mass is 16.5. The molecule has 0 saturated carbocycles. The molecule has 0 saturated heterocycles. The van der Waals surface area contributed by atoms with Crippen molar-refractivity contribution in [1.29, 1.82) is 0 Å². The van der Waals surface area contributed by atoms with Gasteiger partial charge in [0.15, 0.2) is 0 Å². The van der Waals surface area contributed by atoms with Crippen LogP contribution in [0, 0.1) is 0 Å². The number of hydrogen-bond donors (Lipinski definition) is 0. The number of esters is 2. The Balaban J connectivity index is 1.96. The quantitative estimate of drug-likeness (QED) is 0.556. The second-order valence-electron chi connectivity index (χ2n) is 9.52. The highest BCUT2D eigenvalue weighted by molar-refractivity contribution is 5.96. The average Bonchev–Trinajstić information content (AvgIpc) is 2.81. The van der Waals surface area contributed by atoms with E-state index in [0.29, 0.717) is 23.4 Å². The van der Waals surface area contributed by atoms with Gasteiger partial charge in [0.25, 0.3) is 0 Å². The number of methoxy groups -OCH3 is 1. The molecular formula is C28H33NO5. The van der Waals surface area contributed by atoms with Crippen molar-refractivity contribution in [3.05, 3.63) is 82.1 Å². The van der Waals surface area contributed by atoms with Crippen LogP contribution in [0.5, 0.6) is 0 Å². The predicted octanol–water partition coefficient (Wildman–Crippen LogP) is 5.12. The fraction of sp³-hybridized carbons (Fsp3) is 0.393. The molecular weight excluding hydrogens is 430 g/mol. The molecule has 0 bridgehead atoms. The number of benzene rings is 2. The van der Waals surface area contributed by atoms with Gasteiger partial charge in [-0.3, -0.25) is 4.79 Å². The molecule has 0 radical (unpaired) electrons. The standard InChI is InChI=1S/C28H33NO5/c1-7-34-27(32)25-18(2)29(17-19-8-10-21(11-9-19)26(31)33-6)24(30)16-23(25)20-12-14-22(15-13-20)28(3,4)5/h8-15,23H,7,16-17H2,1-6H3. The number of hydrogen-bond acceptors (Lipinski definition) is 5. The number of amides is 1. The average molecular weight is 464 g/mol. The van der Waals surface area contributed by atoms with E-state index in [1.165, 1.54) is 12.7 Å². The van der Waals surface area contributed by atoms with Gasteiger partial charge in [-0.05, 0) is 48.1 Å². The number of carbonyl (C=O) groups is 3. The van der Waals surface area contributed by atoms with Gasteiger partial charge in [0.05, 0.1) is 31.4 Å². The van der Waals surface area contributed by atoms with Gasteiger partial charge in [-0.2, -0.15) is 0 Å². The molecule has 3 rings (SSSR count). The largest absolute Gasteiger partial charge is 0.465 e. The topological polar surface area (TPSA) is 72.9 Å². The maximum atomic E-state index is 13.2. The van der Waals surface area contributed by atoms with Crippen LogP contribution in [0.4, 0.5) is 0 Å². The third kappa shape index (κ3) is 5.38. The fourth-order valence-electron chi connectivity index (χ4n) is 4.22. The molecule has 6 heteroatoms. The molecule has 2 aromatic carbocycles. The van der Waals surface area contributed by atoms with E-state index < -0.39 is 11.9 Å². The number of ether oxygens (including phenoxy) is 2. The minimum Gasteiger partial charge on any atom is -0.465 e. The van der Waals surface area contributed by atoms with Crippen molar-refractivity contribution in [2.45, 2.75) is 58.9 Å².